The third-order valence-electron chi connectivity index (χ3n) is 3.15. The minimum Gasteiger partial charge on any atom is -0.365 e. The number of anilines is 1. The Balaban J connectivity index is 1.88. The van der Waals surface area contributed by atoms with E-state index in [-0.39, 0.29) is 5.91 Å². The maximum atomic E-state index is 11.8. The van der Waals surface area contributed by atoms with Crippen LogP contribution in [0.3, 0.4) is 0 Å². The molecule has 116 valence electrons. The Morgan fingerprint density at radius 2 is 1.86 bits per heavy atom. The van der Waals surface area contributed by atoms with Gasteiger partial charge in [-0.1, -0.05) is 43.7 Å². The first-order valence-electron chi connectivity index (χ1n) is 7.44. The van der Waals surface area contributed by atoms with E-state index in [4.69, 9.17) is 0 Å². The van der Waals surface area contributed by atoms with Crippen LogP contribution in [0, 0.1) is 12.8 Å². The fourth-order valence-electron chi connectivity index (χ4n) is 1.82. The van der Waals surface area contributed by atoms with E-state index < -0.39 is 0 Å². The largest absolute Gasteiger partial charge is 0.365 e. The van der Waals surface area contributed by atoms with Crippen LogP contribution in [0.5, 0.6) is 0 Å². The van der Waals surface area contributed by atoms with E-state index in [0.29, 0.717) is 30.5 Å². The lowest BCUT2D eigenvalue weighted by molar-refractivity contribution is 0.0943. The maximum absolute atomic E-state index is 11.8. The number of benzene rings is 1. The zero-order chi connectivity index (χ0) is 15.9. The fraction of sp³-hybridized carbons (Fsp3) is 0.353. The van der Waals surface area contributed by atoms with Crippen molar-refractivity contribution in [1.82, 2.24) is 15.3 Å². The molecule has 1 amide bonds. The molecule has 2 rings (SSSR count). The zero-order valence-electron chi connectivity index (χ0n) is 13.3. The van der Waals surface area contributed by atoms with Gasteiger partial charge in [-0.05, 0) is 18.4 Å². The molecule has 0 aliphatic carbocycles. The lowest BCUT2D eigenvalue weighted by Gasteiger charge is -2.08. The summed E-state index contributed by atoms with van der Waals surface area (Å²) in [5.41, 5.74) is 2.74. The number of aryl methyl sites for hydroxylation is 1. The molecule has 1 aromatic heterocycles. The molecule has 1 heterocycles. The summed E-state index contributed by atoms with van der Waals surface area (Å²) >= 11 is 0. The number of amides is 1. The highest BCUT2D eigenvalue weighted by Gasteiger charge is 2.08. The predicted octanol–water partition coefficient (Wildman–Crippen LogP) is 2.78. The summed E-state index contributed by atoms with van der Waals surface area (Å²) in [6.45, 7) is 7.46. The van der Waals surface area contributed by atoms with Crippen LogP contribution in [0.4, 0.5) is 5.82 Å². The van der Waals surface area contributed by atoms with Crippen molar-refractivity contribution in [2.24, 2.45) is 5.92 Å². The van der Waals surface area contributed by atoms with Crippen molar-refractivity contribution in [3.8, 4) is 0 Å². The smallest absolute Gasteiger partial charge is 0.271 e. The summed E-state index contributed by atoms with van der Waals surface area (Å²) in [6.07, 6.45) is 3.08. The topological polar surface area (TPSA) is 66.9 Å². The van der Waals surface area contributed by atoms with Crippen molar-refractivity contribution in [2.45, 2.75) is 27.3 Å². The molecule has 0 aliphatic rings. The molecular formula is C17H22N4O. The summed E-state index contributed by atoms with van der Waals surface area (Å²) in [5.74, 6) is 0.875. The lowest BCUT2D eigenvalue weighted by Crippen LogP contribution is -2.28. The highest BCUT2D eigenvalue weighted by Crippen LogP contribution is 2.07. The third-order valence-corrected chi connectivity index (χ3v) is 3.15. The van der Waals surface area contributed by atoms with Crippen molar-refractivity contribution in [2.75, 3.05) is 11.9 Å². The van der Waals surface area contributed by atoms with E-state index in [1.807, 2.05) is 13.8 Å². The second-order valence-corrected chi connectivity index (χ2v) is 5.73. The van der Waals surface area contributed by atoms with Gasteiger partial charge in [-0.3, -0.25) is 4.79 Å². The van der Waals surface area contributed by atoms with Crippen LogP contribution in [0.2, 0.25) is 0 Å². The van der Waals surface area contributed by atoms with Gasteiger partial charge in [0, 0.05) is 13.1 Å². The summed E-state index contributed by atoms with van der Waals surface area (Å²) < 4.78 is 0. The summed E-state index contributed by atoms with van der Waals surface area (Å²) in [4.78, 5) is 20.2. The molecule has 1 aromatic carbocycles. The first-order valence-corrected chi connectivity index (χ1v) is 7.44. The average molecular weight is 298 g/mol. The van der Waals surface area contributed by atoms with E-state index in [1.54, 1.807) is 6.20 Å². The predicted molar refractivity (Wildman–Crippen MR) is 87.7 cm³/mol. The van der Waals surface area contributed by atoms with Crippen LogP contribution in [-0.2, 0) is 6.54 Å². The first kappa shape index (κ1) is 15.9. The quantitative estimate of drug-likeness (QED) is 0.860. The van der Waals surface area contributed by atoms with E-state index in [0.717, 1.165) is 0 Å². The van der Waals surface area contributed by atoms with Gasteiger partial charge in [0.1, 0.15) is 11.5 Å². The van der Waals surface area contributed by atoms with Crippen LogP contribution in [0.15, 0.2) is 36.7 Å². The molecule has 2 aromatic rings. The number of nitrogens with one attached hydrogen (secondary N) is 2. The molecule has 5 nitrogen and oxygen atoms in total. The van der Waals surface area contributed by atoms with Crippen LogP contribution in [0.25, 0.3) is 0 Å². The Bertz CT molecular complexity index is 606. The molecule has 0 unspecified atom stereocenters. The van der Waals surface area contributed by atoms with Crippen LogP contribution in [-0.4, -0.2) is 22.4 Å². The molecule has 0 aliphatic heterocycles. The highest BCUT2D eigenvalue weighted by molar-refractivity contribution is 5.91. The molecule has 5 heteroatoms. The van der Waals surface area contributed by atoms with E-state index in [2.05, 4.69) is 51.8 Å². The van der Waals surface area contributed by atoms with Gasteiger partial charge in [0.2, 0.25) is 0 Å². The summed E-state index contributed by atoms with van der Waals surface area (Å²) in [6, 6.07) is 8.29. The molecule has 0 fully saturated rings. The van der Waals surface area contributed by atoms with Gasteiger partial charge in [0.05, 0.1) is 12.4 Å². The van der Waals surface area contributed by atoms with Crippen LogP contribution in [0.1, 0.15) is 35.5 Å². The monoisotopic (exact) mass is 298 g/mol. The molecule has 22 heavy (non-hydrogen) atoms. The molecule has 0 atom stereocenters. The van der Waals surface area contributed by atoms with Gasteiger partial charge in [-0.25, -0.2) is 9.97 Å². The molecule has 0 radical (unpaired) electrons. The normalized spacial score (nSPS) is 10.5. The molecule has 0 spiro atoms. The van der Waals surface area contributed by atoms with Crippen LogP contribution < -0.4 is 10.6 Å². The average Bonchev–Trinajstić information content (AvgIpc) is 2.52. The van der Waals surface area contributed by atoms with E-state index in [9.17, 15) is 4.79 Å². The van der Waals surface area contributed by atoms with Gasteiger partial charge in [-0.2, -0.15) is 0 Å². The Hall–Kier alpha value is -2.43. The standard InChI is InChI=1S/C17H22N4O/c1-12(2)8-21-17(22)15-10-20-16(11-18-15)19-9-14-6-4-13(3)5-7-14/h4-7,10-12H,8-9H2,1-3H3,(H,19,20)(H,21,22). The van der Waals surface area contributed by atoms with Crippen molar-refractivity contribution in [3.63, 3.8) is 0 Å². The molecule has 0 saturated carbocycles. The Morgan fingerprint density at radius 3 is 2.45 bits per heavy atom. The van der Waals surface area contributed by atoms with Gasteiger partial charge in [-0.15, -0.1) is 0 Å². The molecule has 0 saturated heterocycles. The molecule has 2 N–H and O–H groups in total. The number of carbonyl (C=O) groups excluding carboxylic acids is 1. The number of carbonyl (C=O) groups is 1. The Kier molecular flexibility index (Phi) is 5.47. The first-order chi connectivity index (χ1) is 10.5. The number of rotatable bonds is 6. The minimum atomic E-state index is -0.189. The second-order valence-electron chi connectivity index (χ2n) is 5.73. The zero-order valence-corrected chi connectivity index (χ0v) is 13.3. The Labute approximate surface area is 131 Å². The third kappa shape index (κ3) is 4.84. The van der Waals surface area contributed by atoms with Gasteiger partial charge in [0.25, 0.3) is 5.91 Å². The number of aromatic nitrogens is 2. The lowest BCUT2D eigenvalue weighted by atomic mass is 10.1. The summed E-state index contributed by atoms with van der Waals surface area (Å²) in [5, 5.41) is 6.01. The van der Waals surface area contributed by atoms with Crippen molar-refractivity contribution in [3.05, 3.63) is 53.5 Å². The minimum absolute atomic E-state index is 0.189. The van der Waals surface area contributed by atoms with Gasteiger partial charge in [0.15, 0.2) is 0 Å². The van der Waals surface area contributed by atoms with Gasteiger partial charge < -0.3 is 10.6 Å². The SMILES string of the molecule is Cc1ccc(CNc2cnc(C(=O)NCC(C)C)cn2)cc1. The van der Waals surface area contributed by atoms with Gasteiger partial charge >= 0.3 is 0 Å². The van der Waals surface area contributed by atoms with Crippen LogP contribution >= 0.6 is 0 Å². The number of hydrogen-bond donors (Lipinski definition) is 2. The Morgan fingerprint density at radius 1 is 1.14 bits per heavy atom. The van der Waals surface area contributed by atoms with Crippen molar-refractivity contribution < 1.29 is 4.79 Å². The molecule has 0 bridgehead atoms. The fourth-order valence-corrected chi connectivity index (χ4v) is 1.82. The maximum Gasteiger partial charge on any atom is 0.271 e. The summed E-state index contributed by atoms with van der Waals surface area (Å²) in [7, 11) is 0. The van der Waals surface area contributed by atoms with Crippen molar-refractivity contribution in [1.29, 1.82) is 0 Å². The number of hydrogen-bond acceptors (Lipinski definition) is 4. The number of nitrogens with zero attached hydrogens (tertiary/aromatic N) is 2. The highest BCUT2D eigenvalue weighted by atomic mass is 16.1. The molecular weight excluding hydrogens is 276 g/mol. The second kappa shape index (κ2) is 7.54. The van der Waals surface area contributed by atoms with E-state index in [1.165, 1.54) is 17.3 Å². The van der Waals surface area contributed by atoms with Crippen molar-refractivity contribution >= 4 is 11.7 Å². The van der Waals surface area contributed by atoms with E-state index >= 15 is 0 Å².